The molecule has 0 spiro atoms. The van der Waals surface area contributed by atoms with Crippen LogP contribution in [0.15, 0.2) is 28.9 Å². The molecule has 1 unspecified atom stereocenters. The van der Waals surface area contributed by atoms with Crippen LogP contribution in [0.4, 0.5) is 17.3 Å². The summed E-state index contributed by atoms with van der Waals surface area (Å²) >= 11 is 3.29. The van der Waals surface area contributed by atoms with Gasteiger partial charge >= 0.3 is 0 Å². The highest BCUT2D eigenvalue weighted by Gasteiger charge is 2.08. The van der Waals surface area contributed by atoms with Gasteiger partial charge in [-0.15, -0.1) is 6.42 Å². The number of aromatic nitrogens is 2. The second kappa shape index (κ2) is 8.49. The summed E-state index contributed by atoms with van der Waals surface area (Å²) in [5, 5.41) is 24.7. The second-order valence-corrected chi connectivity index (χ2v) is 5.72. The molecule has 7 nitrogen and oxygen atoms in total. The van der Waals surface area contributed by atoms with Gasteiger partial charge in [0.25, 0.3) is 0 Å². The Morgan fingerprint density at radius 2 is 2.12 bits per heavy atom. The van der Waals surface area contributed by atoms with E-state index in [2.05, 4.69) is 42.5 Å². The predicted molar refractivity (Wildman–Crippen MR) is 95.0 cm³/mol. The number of nitrogens with zero attached hydrogens (tertiary/aromatic N) is 2. The van der Waals surface area contributed by atoms with Crippen molar-refractivity contribution >= 4 is 33.3 Å². The molecule has 0 fully saturated rings. The Bertz CT molecular complexity index is 747. The van der Waals surface area contributed by atoms with Gasteiger partial charge in [-0.2, -0.15) is 4.98 Å². The summed E-state index contributed by atoms with van der Waals surface area (Å²) in [7, 11) is 0. The van der Waals surface area contributed by atoms with Crippen LogP contribution < -0.4 is 15.4 Å². The Kier molecular flexibility index (Phi) is 6.37. The molecule has 2 aromatic rings. The van der Waals surface area contributed by atoms with Crippen molar-refractivity contribution in [3.8, 4) is 18.2 Å². The highest BCUT2D eigenvalue weighted by Crippen LogP contribution is 2.26. The molecule has 0 aliphatic carbocycles. The van der Waals surface area contributed by atoms with E-state index < -0.39 is 6.23 Å². The van der Waals surface area contributed by atoms with Gasteiger partial charge < -0.3 is 25.6 Å². The van der Waals surface area contributed by atoms with E-state index in [0.29, 0.717) is 33.2 Å². The molecule has 0 radical (unpaired) electrons. The standard InChI is InChI=1S/C16H17BrN4O3/c1-3-4-24-15-14(17)8-18-16(21-15)20-13-6-11(9-22)5-12(7-13)19-10(2)23/h1,5-8,10,19,22-23H,4,9H2,2H3,(H,18,20,21). The van der Waals surface area contributed by atoms with E-state index in [4.69, 9.17) is 11.2 Å². The Morgan fingerprint density at radius 3 is 2.79 bits per heavy atom. The third-order valence-electron chi connectivity index (χ3n) is 2.81. The summed E-state index contributed by atoms with van der Waals surface area (Å²) in [5.41, 5.74) is 1.97. The Morgan fingerprint density at radius 1 is 1.38 bits per heavy atom. The van der Waals surface area contributed by atoms with E-state index >= 15 is 0 Å². The molecule has 0 amide bonds. The van der Waals surface area contributed by atoms with Crippen LogP contribution in [0.3, 0.4) is 0 Å². The molecule has 1 aromatic heterocycles. The molecule has 0 aliphatic rings. The zero-order valence-corrected chi connectivity index (χ0v) is 14.5. The molecule has 126 valence electrons. The first-order chi connectivity index (χ1) is 11.5. The summed E-state index contributed by atoms with van der Waals surface area (Å²) < 4.78 is 5.91. The van der Waals surface area contributed by atoms with E-state index in [9.17, 15) is 10.2 Å². The van der Waals surface area contributed by atoms with E-state index in [1.807, 2.05) is 0 Å². The van der Waals surface area contributed by atoms with Crippen LogP contribution in [-0.2, 0) is 6.61 Å². The molecular formula is C16H17BrN4O3. The lowest BCUT2D eigenvalue weighted by Gasteiger charge is -2.14. The first kappa shape index (κ1) is 18.0. The summed E-state index contributed by atoms with van der Waals surface area (Å²) in [6.07, 6.45) is 6.00. The number of halogens is 1. The minimum Gasteiger partial charge on any atom is -0.464 e. The summed E-state index contributed by atoms with van der Waals surface area (Å²) in [4.78, 5) is 8.39. The molecule has 0 saturated carbocycles. The van der Waals surface area contributed by atoms with Crippen molar-refractivity contribution in [1.82, 2.24) is 9.97 Å². The minimum absolute atomic E-state index is 0.0947. The zero-order chi connectivity index (χ0) is 17.5. The minimum atomic E-state index is -0.723. The van der Waals surface area contributed by atoms with Gasteiger partial charge in [-0.1, -0.05) is 5.92 Å². The zero-order valence-electron chi connectivity index (χ0n) is 13.0. The number of terminal acetylenes is 1. The van der Waals surface area contributed by atoms with Crippen LogP contribution >= 0.6 is 15.9 Å². The molecule has 4 N–H and O–H groups in total. The molecule has 0 aliphatic heterocycles. The molecule has 0 saturated heterocycles. The topological polar surface area (TPSA) is 99.5 Å². The van der Waals surface area contributed by atoms with Gasteiger partial charge in [0.1, 0.15) is 6.23 Å². The third-order valence-corrected chi connectivity index (χ3v) is 3.36. The normalized spacial score (nSPS) is 11.5. The number of nitrogens with one attached hydrogen (secondary N) is 2. The second-order valence-electron chi connectivity index (χ2n) is 4.86. The molecule has 1 aromatic carbocycles. The fraction of sp³-hybridized carbons (Fsp3) is 0.250. The number of ether oxygens (including phenoxy) is 1. The predicted octanol–water partition coefficient (Wildman–Crippen LogP) is 2.24. The summed E-state index contributed by atoms with van der Waals surface area (Å²) in [6, 6.07) is 5.25. The maximum Gasteiger partial charge on any atom is 0.233 e. The largest absolute Gasteiger partial charge is 0.464 e. The van der Waals surface area contributed by atoms with Gasteiger partial charge in [0.2, 0.25) is 11.8 Å². The highest BCUT2D eigenvalue weighted by molar-refractivity contribution is 9.10. The maximum absolute atomic E-state index is 9.44. The number of aliphatic hydroxyl groups is 2. The fourth-order valence-corrected chi connectivity index (χ4v) is 2.24. The van der Waals surface area contributed by atoms with Crippen molar-refractivity contribution in [3.63, 3.8) is 0 Å². The lowest BCUT2D eigenvalue weighted by molar-refractivity contribution is 0.224. The summed E-state index contributed by atoms with van der Waals surface area (Å²) in [5.74, 6) is 3.00. The van der Waals surface area contributed by atoms with Gasteiger partial charge in [0, 0.05) is 11.4 Å². The smallest absolute Gasteiger partial charge is 0.233 e. The number of rotatable bonds is 7. The molecule has 24 heavy (non-hydrogen) atoms. The molecule has 0 bridgehead atoms. The van der Waals surface area contributed by atoms with E-state index in [1.165, 1.54) is 0 Å². The number of benzene rings is 1. The SMILES string of the molecule is C#CCOc1nc(Nc2cc(CO)cc(NC(C)O)c2)ncc1Br. The van der Waals surface area contributed by atoms with Crippen molar-refractivity contribution in [2.45, 2.75) is 19.8 Å². The maximum atomic E-state index is 9.44. The van der Waals surface area contributed by atoms with Crippen molar-refractivity contribution in [2.75, 3.05) is 17.2 Å². The molecule has 1 atom stereocenters. The van der Waals surface area contributed by atoms with Crippen LogP contribution in [0.2, 0.25) is 0 Å². The highest BCUT2D eigenvalue weighted by atomic mass is 79.9. The Balaban J connectivity index is 2.25. The van der Waals surface area contributed by atoms with Gasteiger partial charge in [-0.05, 0) is 46.6 Å². The van der Waals surface area contributed by atoms with Gasteiger partial charge in [0.05, 0.1) is 17.3 Å². The number of aliphatic hydroxyl groups excluding tert-OH is 2. The lowest BCUT2D eigenvalue weighted by atomic mass is 10.2. The Labute approximate surface area is 148 Å². The van der Waals surface area contributed by atoms with Crippen molar-refractivity contribution in [2.24, 2.45) is 0 Å². The third kappa shape index (κ3) is 5.09. The summed E-state index contributed by atoms with van der Waals surface area (Å²) in [6.45, 7) is 1.56. The van der Waals surface area contributed by atoms with Gasteiger partial charge in [-0.3, -0.25) is 0 Å². The van der Waals surface area contributed by atoms with Crippen LogP contribution in [-0.4, -0.2) is 33.0 Å². The van der Waals surface area contributed by atoms with Crippen molar-refractivity contribution in [3.05, 3.63) is 34.4 Å². The lowest BCUT2D eigenvalue weighted by Crippen LogP contribution is -2.13. The molecule has 1 heterocycles. The quantitative estimate of drug-likeness (QED) is 0.423. The molecule has 8 heteroatoms. The monoisotopic (exact) mass is 392 g/mol. The molecule has 2 rings (SSSR count). The van der Waals surface area contributed by atoms with Crippen LogP contribution in [0.25, 0.3) is 0 Å². The van der Waals surface area contributed by atoms with Crippen LogP contribution in [0.5, 0.6) is 5.88 Å². The van der Waals surface area contributed by atoms with Crippen molar-refractivity contribution < 1.29 is 14.9 Å². The van der Waals surface area contributed by atoms with Crippen molar-refractivity contribution in [1.29, 1.82) is 0 Å². The number of hydrogen-bond acceptors (Lipinski definition) is 7. The molecular weight excluding hydrogens is 376 g/mol. The van der Waals surface area contributed by atoms with Crippen LogP contribution in [0, 0.1) is 12.3 Å². The van der Waals surface area contributed by atoms with Crippen LogP contribution in [0.1, 0.15) is 12.5 Å². The van der Waals surface area contributed by atoms with E-state index in [0.717, 1.165) is 0 Å². The average Bonchev–Trinajstić information content (AvgIpc) is 2.54. The Hall–Kier alpha value is -2.34. The first-order valence-electron chi connectivity index (χ1n) is 7.07. The first-order valence-corrected chi connectivity index (χ1v) is 7.86. The number of anilines is 3. The van der Waals surface area contributed by atoms with Gasteiger partial charge in [0.15, 0.2) is 6.61 Å². The van der Waals surface area contributed by atoms with E-state index in [-0.39, 0.29) is 13.2 Å². The number of hydrogen-bond donors (Lipinski definition) is 4. The fourth-order valence-electron chi connectivity index (χ4n) is 1.93. The average molecular weight is 393 g/mol. The van der Waals surface area contributed by atoms with Gasteiger partial charge in [-0.25, -0.2) is 4.98 Å². The van der Waals surface area contributed by atoms with E-state index in [1.54, 1.807) is 31.3 Å².